The zero-order valence-electron chi connectivity index (χ0n) is 10.5. The van der Waals surface area contributed by atoms with Crippen LogP contribution in [0.15, 0.2) is 0 Å². The number of halogens is 3. The van der Waals surface area contributed by atoms with E-state index in [1.807, 2.05) is 13.8 Å². The predicted molar refractivity (Wildman–Crippen MR) is 60.6 cm³/mol. The average Bonchev–Trinajstić information content (AvgIpc) is 2.25. The first-order valence-corrected chi connectivity index (χ1v) is 6.24. The van der Waals surface area contributed by atoms with Crippen molar-refractivity contribution in [3.8, 4) is 0 Å². The molecule has 0 radical (unpaired) electrons. The molecule has 0 bridgehead atoms. The zero-order valence-corrected chi connectivity index (χ0v) is 10.5. The molecule has 3 atom stereocenters. The fraction of sp³-hybridized carbons (Fsp3) is 1.00. The van der Waals surface area contributed by atoms with Gasteiger partial charge in [-0.05, 0) is 39.0 Å². The Bertz CT molecular complexity index is 230. The van der Waals surface area contributed by atoms with Gasteiger partial charge in [0.15, 0.2) is 0 Å². The normalized spacial score (nSPS) is 28.4. The summed E-state index contributed by atoms with van der Waals surface area (Å²) in [5.41, 5.74) is 5.91. The second-order valence-corrected chi connectivity index (χ2v) is 5.21. The summed E-state index contributed by atoms with van der Waals surface area (Å²) in [6.45, 7) is 4.14. The van der Waals surface area contributed by atoms with Crippen molar-refractivity contribution in [3.05, 3.63) is 0 Å². The molecule has 1 aliphatic rings. The van der Waals surface area contributed by atoms with Crippen LogP contribution >= 0.6 is 0 Å². The van der Waals surface area contributed by atoms with Crippen LogP contribution in [0.1, 0.15) is 39.5 Å². The van der Waals surface area contributed by atoms with Gasteiger partial charge in [-0.2, -0.15) is 13.2 Å². The van der Waals surface area contributed by atoms with Crippen LogP contribution in [0.25, 0.3) is 0 Å². The summed E-state index contributed by atoms with van der Waals surface area (Å²) < 4.78 is 43.2. The Morgan fingerprint density at radius 1 is 1.29 bits per heavy atom. The van der Waals surface area contributed by atoms with Crippen LogP contribution in [0.5, 0.6) is 0 Å². The number of nitrogens with two attached hydrogens (primary N) is 1. The van der Waals surface area contributed by atoms with E-state index in [1.165, 1.54) is 0 Å². The van der Waals surface area contributed by atoms with Crippen molar-refractivity contribution >= 4 is 0 Å². The molecule has 0 aromatic rings. The van der Waals surface area contributed by atoms with Gasteiger partial charge in [-0.1, -0.05) is 6.42 Å². The van der Waals surface area contributed by atoms with Gasteiger partial charge in [0.1, 0.15) is 0 Å². The Morgan fingerprint density at radius 3 is 2.47 bits per heavy atom. The molecule has 1 aliphatic carbocycles. The number of rotatable bonds is 4. The summed E-state index contributed by atoms with van der Waals surface area (Å²) >= 11 is 0. The number of alkyl halides is 3. The smallest absolute Gasteiger partial charge is 0.377 e. The van der Waals surface area contributed by atoms with Gasteiger partial charge in [-0.3, -0.25) is 0 Å². The van der Waals surface area contributed by atoms with Gasteiger partial charge in [0, 0.05) is 6.04 Å². The van der Waals surface area contributed by atoms with Crippen LogP contribution in [-0.4, -0.2) is 24.9 Å². The molecule has 2 nitrogen and oxygen atoms in total. The maximum atomic E-state index is 12.6. The summed E-state index contributed by atoms with van der Waals surface area (Å²) in [6.07, 6.45) is -2.19. The van der Waals surface area contributed by atoms with Gasteiger partial charge in [0.05, 0.1) is 18.6 Å². The molecule has 0 aliphatic heterocycles. The SMILES string of the molecule is CC(C)OCC(N)C1CCCC(C(F)(F)F)C1. The Morgan fingerprint density at radius 2 is 1.94 bits per heavy atom. The lowest BCUT2D eigenvalue weighted by Crippen LogP contribution is -2.40. The molecule has 0 saturated heterocycles. The highest BCUT2D eigenvalue weighted by Gasteiger charge is 2.43. The molecule has 0 spiro atoms. The first kappa shape index (κ1) is 14.8. The zero-order chi connectivity index (χ0) is 13.1. The van der Waals surface area contributed by atoms with Crippen LogP contribution in [0, 0.1) is 11.8 Å². The lowest BCUT2D eigenvalue weighted by molar-refractivity contribution is -0.186. The van der Waals surface area contributed by atoms with E-state index in [0.29, 0.717) is 13.0 Å². The predicted octanol–water partition coefficient (Wildman–Crippen LogP) is 3.11. The molecule has 1 fully saturated rings. The molecule has 2 N–H and O–H groups in total. The molecule has 5 heteroatoms. The van der Waals surface area contributed by atoms with Crippen molar-refractivity contribution in [2.75, 3.05) is 6.61 Å². The van der Waals surface area contributed by atoms with Gasteiger partial charge in [-0.15, -0.1) is 0 Å². The average molecular weight is 253 g/mol. The molecular formula is C12H22F3NO. The summed E-state index contributed by atoms with van der Waals surface area (Å²) in [4.78, 5) is 0. The van der Waals surface area contributed by atoms with Gasteiger partial charge < -0.3 is 10.5 Å². The fourth-order valence-corrected chi connectivity index (χ4v) is 2.35. The topological polar surface area (TPSA) is 35.2 Å². The third-order valence-corrected chi connectivity index (χ3v) is 3.41. The van der Waals surface area contributed by atoms with E-state index in [1.54, 1.807) is 0 Å². The molecule has 17 heavy (non-hydrogen) atoms. The van der Waals surface area contributed by atoms with Crippen LogP contribution in [0.2, 0.25) is 0 Å². The molecule has 0 heterocycles. The van der Waals surface area contributed by atoms with Crippen LogP contribution in [0.4, 0.5) is 13.2 Å². The van der Waals surface area contributed by atoms with E-state index >= 15 is 0 Å². The number of hydrogen-bond acceptors (Lipinski definition) is 2. The standard InChI is InChI=1S/C12H22F3NO/c1-8(2)17-7-11(16)9-4-3-5-10(6-9)12(13,14)15/h8-11H,3-7,16H2,1-2H3. The van der Waals surface area contributed by atoms with Crippen LogP contribution in [-0.2, 0) is 4.74 Å². The Kier molecular flexibility index (Phi) is 5.25. The first-order valence-electron chi connectivity index (χ1n) is 6.24. The number of hydrogen-bond donors (Lipinski definition) is 1. The van der Waals surface area contributed by atoms with Crippen molar-refractivity contribution in [2.24, 2.45) is 17.6 Å². The maximum absolute atomic E-state index is 12.6. The summed E-state index contributed by atoms with van der Waals surface area (Å²) in [5.74, 6) is -1.24. The summed E-state index contributed by atoms with van der Waals surface area (Å²) in [6, 6.07) is -0.275. The Labute approximate surface area is 101 Å². The molecule has 1 rings (SSSR count). The van der Waals surface area contributed by atoms with Crippen molar-refractivity contribution in [1.29, 1.82) is 0 Å². The molecule has 0 amide bonds. The lowest BCUT2D eigenvalue weighted by atomic mass is 9.78. The largest absolute Gasteiger partial charge is 0.391 e. The minimum Gasteiger partial charge on any atom is -0.377 e. The van der Waals surface area contributed by atoms with Crippen molar-refractivity contribution in [2.45, 2.75) is 57.9 Å². The van der Waals surface area contributed by atoms with E-state index in [0.717, 1.165) is 6.42 Å². The van der Waals surface area contributed by atoms with Gasteiger partial charge in [0.25, 0.3) is 0 Å². The van der Waals surface area contributed by atoms with Gasteiger partial charge in [-0.25, -0.2) is 0 Å². The quantitative estimate of drug-likeness (QED) is 0.835. The van der Waals surface area contributed by atoms with E-state index < -0.39 is 12.1 Å². The van der Waals surface area contributed by atoms with E-state index in [9.17, 15) is 13.2 Å². The minimum absolute atomic E-state index is 0.0610. The summed E-state index contributed by atoms with van der Waals surface area (Å²) in [7, 11) is 0. The third kappa shape index (κ3) is 4.84. The molecule has 102 valence electrons. The highest BCUT2D eigenvalue weighted by atomic mass is 19.4. The lowest BCUT2D eigenvalue weighted by Gasteiger charge is -2.33. The van der Waals surface area contributed by atoms with Crippen LogP contribution < -0.4 is 5.73 Å². The number of ether oxygens (including phenoxy) is 1. The Hall–Kier alpha value is -0.290. The van der Waals surface area contributed by atoms with Crippen LogP contribution in [0.3, 0.4) is 0 Å². The maximum Gasteiger partial charge on any atom is 0.391 e. The van der Waals surface area contributed by atoms with Crippen molar-refractivity contribution in [3.63, 3.8) is 0 Å². The van der Waals surface area contributed by atoms with E-state index in [2.05, 4.69) is 0 Å². The Balaban J connectivity index is 2.43. The van der Waals surface area contributed by atoms with Crippen molar-refractivity contribution in [1.82, 2.24) is 0 Å². The second-order valence-electron chi connectivity index (χ2n) is 5.21. The van der Waals surface area contributed by atoms with E-state index in [-0.39, 0.29) is 30.9 Å². The molecule has 0 aromatic carbocycles. The second kappa shape index (κ2) is 6.05. The minimum atomic E-state index is -4.07. The van der Waals surface area contributed by atoms with Gasteiger partial charge >= 0.3 is 6.18 Å². The highest BCUT2D eigenvalue weighted by Crippen LogP contribution is 2.40. The molecular weight excluding hydrogens is 231 g/mol. The van der Waals surface area contributed by atoms with Crippen molar-refractivity contribution < 1.29 is 17.9 Å². The summed E-state index contributed by atoms with van der Waals surface area (Å²) in [5, 5.41) is 0. The third-order valence-electron chi connectivity index (χ3n) is 3.41. The van der Waals surface area contributed by atoms with Gasteiger partial charge in [0.2, 0.25) is 0 Å². The van der Waals surface area contributed by atoms with E-state index in [4.69, 9.17) is 10.5 Å². The fourth-order valence-electron chi connectivity index (χ4n) is 2.35. The molecule has 3 unspecified atom stereocenters. The molecule has 1 saturated carbocycles. The highest BCUT2D eigenvalue weighted by molar-refractivity contribution is 4.83. The molecule has 0 aromatic heterocycles. The monoisotopic (exact) mass is 253 g/mol. The first-order chi connectivity index (χ1) is 7.80.